The van der Waals surface area contributed by atoms with Crippen LogP contribution in [0, 0.1) is 5.41 Å². The van der Waals surface area contributed by atoms with Gasteiger partial charge in [-0.15, -0.1) is 0 Å². The number of carbonyl (C=O) groups excluding carboxylic acids is 10. The van der Waals surface area contributed by atoms with Crippen LogP contribution in [-0.2, 0) is 78.4 Å². The van der Waals surface area contributed by atoms with Crippen molar-refractivity contribution in [1.82, 2.24) is 93.0 Å². The molecule has 4 aromatic rings. The Labute approximate surface area is 461 Å². The highest BCUT2D eigenvalue weighted by Crippen LogP contribution is 2.10. The number of primary amides is 1. The number of carbonyl (C=O) groups is 11. The number of nitrogens with two attached hydrogens (primary N) is 4. The van der Waals surface area contributed by atoms with E-state index in [1.54, 1.807) is 0 Å². The lowest BCUT2D eigenvalue weighted by atomic mass is 10.0. The van der Waals surface area contributed by atoms with Gasteiger partial charge in [-0.3, -0.25) is 58.1 Å². The van der Waals surface area contributed by atoms with Crippen LogP contribution in [0.4, 0.5) is 0 Å². The van der Waals surface area contributed by atoms with Crippen LogP contribution < -0.4 is 76.1 Å². The lowest BCUT2D eigenvalue weighted by Crippen LogP contribution is -2.61. The molecule has 440 valence electrons. The van der Waals surface area contributed by atoms with Gasteiger partial charge in [0.25, 0.3) is 0 Å². The van der Waals surface area contributed by atoms with Crippen LogP contribution in [0.15, 0.2) is 50.1 Å². The number of aliphatic carboxylic acids is 1. The van der Waals surface area contributed by atoms with Gasteiger partial charge in [0, 0.05) is 57.0 Å². The van der Waals surface area contributed by atoms with Crippen molar-refractivity contribution in [2.24, 2.45) is 22.9 Å². The van der Waals surface area contributed by atoms with E-state index >= 15 is 0 Å². The second kappa shape index (κ2) is 33.5. The Bertz CT molecular complexity index is 2700. The zero-order valence-corrected chi connectivity index (χ0v) is 43.8. The summed E-state index contributed by atoms with van der Waals surface area (Å²) in [6.45, 7) is -1.70. The minimum atomic E-state index is -1.63. The van der Waals surface area contributed by atoms with Crippen molar-refractivity contribution in [1.29, 1.82) is 5.41 Å². The monoisotopic (exact) mass is 1140 g/mol. The van der Waals surface area contributed by atoms with E-state index in [9.17, 15) is 52.7 Å². The minimum Gasteiger partial charge on any atom is -0.480 e. The summed E-state index contributed by atoms with van der Waals surface area (Å²) in [5.41, 5.74) is 24.0. The summed E-state index contributed by atoms with van der Waals surface area (Å²) in [4.78, 5) is 173. The first-order valence-electron chi connectivity index (χ1n) is 25.3. The van der Waals surface area contributed by atoms with Crippen molar-refractivity contribution >= 4 is 71.0 Å². The minimum absolute atomic E-state index is 0.0340. The summed E-state index contributed by atoms with van der Waals surface area (Å²) in [7, 11) is 0. The SMILES string of the molecule is N=C(N)NCCC[C@H](NC(=O)[C@H](Cc1c[nH]cn1)NC(=O)[C@H](CC(N)=O)NC(=O)[C@@H](N)Cc1c[nH]cn1)C(=O)N[C@@H](Cc1c[nH]cn1)C(=O)N[C@@H](CCCCN)C(=O)N[C@@H](Cc1c[nH]cn1)C(=O)NCC(=O)NCC(=O)NCC(=O)O. The zero-order chi connectivity index (χ0) is 59.3. The molecule has 0 bridgehead atoms. The quantitative estimate of drug-likeness (QED) is 0.0113. The highest BCUT2D eigenvalue weighted by atomic mass is 16.4. The number of nitrogens with zero attached hydrogens (tertiary/aromatic N) is 4. The summed E-state index contributed by atoms with van der Waals surface area (Å²) in [5.74, 6) is -10.8. The Balaban J connectivity index is 1.57. The molecule has 0 spiro atoms. The number of nitrogens with one attached hydrogen (secondary N) is 15. The average molecular weight is 1140 g/mol. The molecule has 0 fully saturated rings. The molecular formula is C46H69N23O12. The Hall–Kier alpha value is -9.80. The highest BCUT2D eigenvalue weighted by molar-refractivity contribution is 5.99. The molecule has 0 radical (unpaired) electrons. The van der Waals surface area contributed by atoms with Crippen LogP contribution in [-0.4, -0.2) is 191 Å². The largest absolute Gasteiger partial charge is 0.480 e. The summed E-state index contributed by atoms with van der Waals surface area (Å²) in [6.07, 6.45) is 10.2. The molecule has 0 unspecified atom stereocenters. The normalized spacial score (nSPS) is 13.5. The second-order valence-electron chi connectivity index (χ2n) is 18.1. The van der Waals surface area contributed by atoms with Crippen molar-refractivity contribution in [3.05, 3.63) is 72.9 Å². The third-order valence-corrected chi connectivity index (χ3v) is 11.7. The Morgan fingerprint density at radius 1 is 0.481 bits per heavy atom. The van der Waals surface area contributed by atoms with Crippen LogP contribution in [0.25, 0.3) is 0 Å². The molecule has 35 heteroatoms. The smallest absolute Gasteiger partial charge is 0.322 e. The first kappa shape index (κ1) is 63.7. The molecule has 4 rings (SSSR count). The molecule has 7 atom stereocenters. The summed E-state index contributed by atoms with van der Waals surface area (Å²) >= 11 is 0. The van der Waals surface area contributed by atoms with E-state index < -0.39 is 139 Å². The number of rotatable bonds is 37. The maximum absolute atomic E-state index is 14.5. The van der Waals surface area contributed by atoms with Gasteiger partial charge in [0.05, 0.1) is 73.6 Å². The van der Waals surface area contributed by atoms with Crippen molar-refractivity contribution in [2.45, 2.75) is 107 Å². The Morgan fingerprint density at radius 2 is 0.864 bits per heavy atom. The van der Waals surface area contributed by atoms with Crippen LogP contribution in [0.3, 0.4) is 0 Å². The van der Waals surface area contributed by atoms with Crippen molar-refractivity contribution < 1.29 is 57.8 Å². The molecular weight excluding hydrogens is 1070 g/mol. The molecule has 0 aliphatic carbocycles. The lowest BCUT2D eigenvalue weighted by Gasteiger charge is -2.27. The molecule has 0 aromatic carbocycles. The molecule has 81 heavy (non-hydrogen) atoms. The molecule has 0 aliphatic heterocycles. The van der Waals surface area contributed by atoms with Gasteiger partial charge in [-0.05, 0) is 38.6 Å². The number of carboxylic acids is 1. The van der Waals surface area contributed by atoms with Gasteiger partial charge < -0.3 is 101 Å². The summed E-state index contributed by atoms with van der Waals surface area (Å²) in [5, 5.41) is 41.0. The van der Waals surface area contributed by atoms with Crippen LogP contribution >= 0.6 is 0 Å². The number of H-pyrrole nitrogens is 4. The second-order valence-corrected chi connectivity index (χ2v) is 18.1. The van der Waals surface area contributed by atoms with Gasteiger partial charge in [-0.1, -0.05) is 0 Å². The van der Waals surface area contributed by atoms with E-state index in [-0.39, 0.29) is 75.8 Å². The first-order valence-corrected chi connectivity index (χ1v) is 25.3. The third kappa shape index (κ3) is 23.8. The van der Waals surface area contributed by atoms with Crippen molar-refractivity contribution in [3.63, 3.8) is 0 Å². The number of aromatic nitrogens is 8. The maximum Gasteiger partial charge on any atom is 0.322 e. The lowest BCUT2D eigenvalue weighted by molar-refractivity contribution is -0.138. The zero-order valence-electron chi connectivity index (χ0n) is 43.8. The predicted octanol–water partition coefficient (Wildman–Crippen LogP) is -8.21. The van der Waals surface area contributed by atoms with Crippen molar-refractivity contribution in [3.8, 4) is 0 Å². The van der Waals surface area contributed by atoms with E-state index in [0.29, 0.717) is 17.8 Å². The molecule has 0 aliphatic rings. The Morgan fingerprint density at radius 3 is 1.28 bits per heavy atom. The fourth-order valence-corrected chi connectivity index (χ4v) is 7.56. The van der Waals surface area contributed by atoms with Gasteiger partial charge in [-0.25, -0.2) is 19.9 Å². The van der Waals surface area contributed by atoms with Gasteiger partial charge >= 0.3 is 5.97 Å². The van der Waals surface area contributed by atoms with Gasteiger partial charge in [0.1, 0.15) is 42.8 Å². The molecule has 24 N–H and O–H groups in total. The van der Waals surface area contributed by atoms with Crippen LogP contribution in [0.2, 0.25) is 0 Å². The maximum atomic E-state index is 14.5. The number of unbranched alkanes of at least 4 members (excludes halogenated alkanes) is 1. The van der Waals surface area contributed by atoms with E-state index in [0.717, 1.165) is 0 Å². The molecule has 35 nitrogen and oxygen atoms in total. The number of carboxylic acid groups (broad SMARTS) is 1. The van der Waals surface area contributed by atoms with Crippen molar-refractivity contribution in [2.75, 3.05) is 32.7 Å². The van der Waals surface area contributed by atoms with Crippen LogP contribution in [0.5, 0.6) is 0 Å². The van der Waals surface area contributed by atoms with E-state index in [1.165, 1.54) is 50.1 Å². The fourth-order valence-electron chi connectivity index (χ4n) is 7.56. The molecule has 0 saturated carbocycles. The number of aromatic amines is 4. The van der Waals surface area contributed by atoms with E-state index in [2.05, 4.69) is 93.0 Å². The molecule has 10 amide bonds. The van der Waals surface area contributed by atoms with E-state index in [1.807, 2.05) is 0 Å². The molecule has 4 aromatic heterocycles. The number of guanidine groups is 1. The Kier molecular flexibility index (Phi) is 26.3. The summed E-state index contributed by atoms with van der Waals surface area (Å²) < 4.78 is 0. The highest BCUT2D eigenvalue weighted by Gasteiger charge is 2.35. The summed E-state index contributed by atoms with van der Waals surface area (Å²) in [6, 6.07) is -10.2. The third-order valence-electron chi connectivity index (χ3n) is 11.7. The van der Waals surface area contributed by atoms with Crippen LogP contribution in [0.1, 0.15) is 61.3 Å². The average Bonchev–Trinajstić information content (AvgIpc) is 4.31. The first-order chi connectivity index (χ1) is 38.7. The van der Waals surface area contributed by atoms with Gasteiger partial charge in [0.2, 0.25) is 59.1 Å². The van der Waals surface area contributed by atoms with E-state index in [4.69, 9.17) is 33.5 Å². The predicted molar refractivity (Wildman–Crippen MR) is 281 cm³/mol. The number of imidazole rings is 4. The van der Waals surface area contributed by atoms with Gasteiger partial charge in [-0.2, -0.15) is 0 Å². The molecule has 4 heterocycles. The molecule has 0 saturated heterocycles. The van der Waals surface area contributed by atoms with Gasteiger partial charge in [0.15, 0.2) is 5.96 Å². The topological polar surface area (TPSA) is 571 Å². The fraction of sp³-hybridized carbons (Fsp3) is 0.478. The number of hydrogen-bond donors (Lipinski definition) is 20. The number of amides is 10. The number of hydrogen-bond acceptors (Lipinski definition) is 18. The standard InChI is InChI=1S/C46H69N23O12/c47-6-2-1-4-29(41(77)67-31(9-25-14-53-21-61-25)40(76)59-18-37(72)57-17-36(71)58-19-38(73)74)64-43(79)32(10-26-15-54-22-62-26)68-42(78)30(5-3-7-56-46(50)51)65-44(80)33(11-27-16-55-23-63-27)69-45(81)34(12-35(49)70)66-39(75)28(48)8-24-13-52-20-60-24/h13-16,20-23,28-34H,1-12,17-19,47-48H2,(H2,49,70)(H,52,60)(H,53,61)(H,54,62)(H,55,63)(H,57,72)(H,58,71)(H,59,76)(H,64,79)(H,65,80)(H,66,75)(H,67,77)(H,68,78)(H,69,81)(H,73,74)(H4,50,51,56)/t28-,29-,30-,31-,32-,33-,34-/m0/s1.